The molecule has 0 saturated carbocycles. The third-order valence-corrected chi connectivity index (χ3v) is 9.60. The highest BCUT2D eigenvalue weighted by Gasteiger charge is 2.25. The number of likely N-dealkylation sites (N-methyl/N-ethyl adjacent to an activating group) is 1. The summed E-state index contributed by atoms with van der Waals surface area (Å²) in [7, 11) is 0. The summed E-state index contributed by atoms with van der Waals surface area (Å²) < 4.78 is 2.38. The first kappa shape index (κ1) is 32.4. The highest BCUT2D eigenvalue weighted by Crippen LogP contribution is 2.29. The molecule has 0 unspecified atom stereocenters. The number of nitrogens with one attached hydrogen (secondary N) is 1. The molecule has 1 amide bonds. The maximum Gasteiger partial charge on any atom is 0.223 e. The fraction of sp³-hybridized carbons (Fsp3) is 0.618. The summed E-state index contributed by atoms with van der Waals surface area (Å²) >= 11 is 1.75. The number of imidazole rings is 1. The van der Waals surface area contributed by atoms with Gasteiger partial charge >= 0.3 is 0 Å². The fourth-order valence-corrected chi connectivity index (χ4v) is 6.96. The number of benzene rings is 1. The van der Waals surface area contributed by atoms with Crippen molar-refractivity contribution in [2.75, 3.05) is 45.8 Å². The number of thiophene rings is 1. The Kier molecular flexibility index (Phi) is 12.2. The number of rotatable bonds is 16. The molecule has 2 aromatic heterocycles. The minimum atomic E-state index is -0.321. The monoisotopic (exact) mass is 593 g/mol. The van der Waals surface area contributed by atoms with Crippen LogP contribution in [0.5, 0.6) is 0 Å². The molecule has 1 saturated heterocycles. The van der Waals surface area contributed by atoms with Crippen LogP contribution in [0.1, 0.15) is 93.8 Å². The summed E-state index contributed by atoms with van der Waals surface area (Å²) in [5.74, 6) is 1.09. The Balaban J connectivity index is 1.41. The number of aromatic nitrogens is 2. The van der Waals surface area contributed by atoms with E-state index in [1.807, 2.05) is 12.1 Å². The van der Waals surface area contributed by atoms with E-state index in [2.05, 4.69) is 77.9 Å². The van der Waals surface area contributed by atoms with Crippen LogP contribution >= 0.6 is 11.3 Å². The van der Waals surface area contributed by atoms with E-state index >= 15 is 0 Å². The van der Waals surface area contributed by atoms with Gasteiger partial charge in [-0.3, -0.25) is 9.59 Å². The number of hydrogen-bond donors (Lipinski definition) is 1. The van der Waals surface area contributed by atoms with Crippen molar-refractivity contribution in [1.29, 1.82) is 0 Å². The zero-order valence-electron chi connectivity index (χ0n) is 26.4. The van der Waals surface area contributed by atoms with Crippen molar-refractivity contribution < 1.29 is 9.59 Å². The normalized spacial score (nSPS) is 15.6. The van der Waals surface area contributed by atoms with E-state index in [1.54, 1.807) is 11.3 Å². The van der Waals surface area contributed by atoms with E-state index in [1.165, 1.54) is 4.88 Å². The number of carbonyl (C=O) groups excluding carboxylic acids is 2. The lowest BCUT2D eigenvalue weighted by atomic mass is 9.89. The van der Waals surface area contributed by atoms with Gasteiger partial charge in [0.05, 0.1) is 11.0 Å². The maximum absolute atomic E-state index is 13.5. The Morgan fingerprint density at radius 3 is 2.40 bits per heavy atom. The number of fused-ring (bicyclic) bond motifs is 1. The van der Waals surface area contributed by atoms with Gasteiger partial charge in [-0.05, 0) is 74.3 Å². The summed E-state index contributed by atoms with van der Waals surface area (Å²) in [5, 5.41) is 5.25. The summed E-state index contributed by atoms with van der Waals surface area (Å²) in [5.41, 5.74) is 2.59. The quantitative estimate of drug-likeness (QED) is 0.153. The van der Waals surface area contributed by atoms with Gasteiger partial charge in [0.2, 0.25) is 5.91 Å². The third kappa shape index (κ3) is 8.51. The number of ketones is 1. The second-order valence-corrected chi connectivity index (χ2v) is 13.2. The van der Waals surface area contributed by atoms with Gasteiger partial charge in [-0.15, -0.1) is 11.3 Å². The lowest BCUT2D eigenvalue weighted by Crippen LogP contribution is -2.46. The Bertz CT molecular complexity index is 1270. The molecule has 42 heavy (non-hydrogen) atoms. The molecule has 1 atom stereocenters. The summed E-state index contributed by atoms with van der Waals surface area (Å²) in [6, 6.07) is 10.5. The molecule has 0 radical (unpaired) electrons. The first-order valence-electron chi connectivity index (χ1n) is 16.1. The predicted molar refractivity (Wildman–Crippen MR) is 175 cm³/mol. The minimum Gasteiger partial charge on any atom is -0.356 e. The Labute approximate surface area is 256 Å². The zero-order valence-corrected chi connectivity index (χ0v) is 27.2. The van der Waals surface area contributed by atoms with Gasteiger partial charge in [0.25, 0.3) is 0 Å². The molecular formula is C34H51N5O2S. The molecule has 3 heterocycles. The smallest absolute Gasteiger partial charge is 0.223 e. The molecule has 1 fully saturated rings. The Morgan fingerprint density at radius 1 is 1.02 bits per heavy atom. The molecule has 8 heteroatoms. The molecule has 0 bridgehead atoms. The van der Waals surface area contributed by atoms with Crippen LogP contribution in [0, 0.1) is 11.8 Å². The maximum atomic E-state index is 13.5. The van der Waals surface area contributed by atoms with Crippen molar-refractivity contribution in [3.05, 3.63) is 52.0 Å². The van der Waals surface area contributed by atoms with Gasteiger partial charge in [-0.25, -0.2) is 4.98 Å². The molecule has 1 N–H and O–H groups in total. The second kappa shape index (κ2) is 15.8. The van der Waals surface area contributed by atoms with Crippen molar-refractivity contribution in [2.24, 2.45) is 11.8 Å². The van der Waals surface area contributed by atoms with E-state index < -0.39 is 0 Å². The number of carbonyl (C=O) groups is 2. The van der Waals surface area contributed by atoms with Crippen molar-refractivity contribution in [3.8, 4) is 0 Å². The van der Waals surface area contributed by atoms with Crippen LogP contribution in [0.4, 0.5) is 0 Å². The van der Waals surface area contributed by atoms with Gasteiger partial charge in [-0.1, -0.05) is 40.7 Å². The largest absolute Gasteiger partial charge is 0.356 e. The zero-order chi connectivity index (χ0) is 30.1. The molecule has 4 rings (SSSR count). The van der Waals surface area contributed by atoms with E-state index in [4.69, 9.17) is 4.98 Å². The minimum absolute atomic E-state index is 0.00479. The Morgan fingerprint density at radius 2 is 1.76 bits per heavy atom. The van der Waals surface area contributed by atoms with Gasteiger partial charge in [0, 0.05) is 68.0 Å². The molecule has 0 aliphatic carbocycles. The fourth-order valence-electron chi connectivity index (χ4n) is 6.26. The first-order valence-corrected chi connectivity index (χ1v) is 17.0. The van der Waals surface area contributed by atoms with Crippen molar-refractivity contribution in [3.63, 3.8) is 0 Å². The molecule has 3 aromatic rings. The summed E-state index contributed by atoms with van der Waals surface area (Å²) in [4.78, 5) is 38.1. The molecule has 1 aliphatic heterocycles. The van der Waals surface area contributed by atoms with Crippen LogP contribution in [0.3, 0.4) is 0 Å². The summed E-state index contributed by atoms with van der Waals surface area (Å²) in [6.45, 7) is 18.1. The van der Waals surface area contributed by atoms with Crippen LogP contribution in [-0.4, -0.2) is 76.9 Å². The standard InChI is InChI=1S/C34H51N5O2S/c1-6-28(7-2)39-31-13-12-26(22-30(31)36-33(39)24-29-11-9-20-42-29)32(40)23-27(21-25(4)5)34(41)35-14-10-15-38-18-16-37(8-3)17-19-38/h9,11-13,20,22,25,27-28H,6-8,10,14-19,21,23-24H2,1-5H3,(H,35,41)/t27-/m1/s1. The van der Waals surface area contributed by atoms with E-state index in [0.717, 1.165) is 81.8 Å². The number of nitrogens with zero attached hydrogens (tertiary/aromatic N) is 4. The van der Waals surface area contributed by atoms with Crippen molar-refractivity contribution >= 4 is 34.1 Å². The molecule has 230 valence electrons. The van der Waals surface area contributed by atoms with Gasteiger partial charge in [0.1, 0.15) is 5.82 Å². The van der Waals surface area contributed by atoms with Crippen LogP contribution in [-0.2, 0) is 11.2 Å². The van der Waals surface area contributed by atoms with Gasteiger partial charge in [-0.2, -0.15) is 0 Å². The van der Waals surface area contributed by atoms with Crippen LogP contribution < -0.4 is 5.32 Å². The average molecular weight is 594 g/mol. The van der Waals surface area contributed by atoms with Crippen molar-refractivity contribution in [1.82, 2.24) is 24.7 Å². The van der Waals surface area contributed by atoms with E-state index in [9.17, 15) is 9.59 Å². The number of amides is 1. The molecule has 7 nitrogen and oxygen atoms in total. The molecule has 1 aliphatic rings. The average Bonchev–Trinajstić information content (AvgIpc) is 3.63. The highest BCUT2D eigenvalue weighted by molar-refractivity contribution is 7.09. The topological polar surface area (TPSA) is 70.5 Å². The van der Waals surface area contributed by atoms with E-state index in [-0.39, 0.29) is 24.0 Å². The van der Waals surface area contributed by atoms with E-state index in [0.29, 0.717) is 30.5 Å². The molecule has 1 aromatic carbocycles. The number of Topliss-reactive ketones (excluding diaryl/α,β-unsaturated/α-hetero) is 1. The molecular weight excluding hydrogens is 542 g/mol. The predicted octanol–water partition coefficient (Wildman–Crippen LogP) is 6.43. The SMILES string of the molecule is CCC(CC)n1c(Cc2cccs2)nc2cc(C(=O)C[C@@H](CC(C)C)C(=O)NCCCN3CCN(CC)CC3)ccc21. The lowest BCUT2D eigenvalue weighted by Gasteiger charge is -2.34. The number of hydrogen-bond acceptors (Lipinski definition) is 6. The van der Waals surface area contributed by atoms with Gasteiger partial charge < -0.3 is 19.7 Å². The van der Waals surface area contributed by atoms with Crippen LogP contribution in [0.2, 0.25) is 0 Å². The summed E-state index contributed by atoms with van der Waals surface area (Å²) in [6.07, 6.45) is 4.71. The number of piperazine rings is 1. The second-order valence-electron chi connectivity index (χ2n) is 12.2. The molecule has 0 spiro atoms. The Hall–Kier alpha value is -2.55. The van der Waals surface area contributed by atoms with Gasteiger partial charge in [0.15, 0.2) is 5.78 Å². The van der Waals surface area contributed by atoms with Crippen LogP contribution in [0.15, 0.2) is 35.7 Å². The first-order chi connectivity index (χ1) is 20.3. The van der Waals surface area contributed by atoms with Crippen LogP contribution in [0.25, 0.3) is 11.0 Å². The highest BCUT2D eigenvalue weighted by atomic mass is 32.1. The van der Waals surface area contributed by atoms with Crippen molar-refractivity contribution in [2.45, 2.75) is 79.2 Å². The third-order valence-electron chi connectivity index (χ3n) is 8.73. The lowest BCUT2D eigenvalue weighted by molar-refractivity contribution is -0.125.